The second kappa shape index (κ2) is 7.85. The quantitative estimate of drug-likeness (QED) is 0.738. The highest BCUT2D eigenvalue weighted by atomic mass is 16.3. The van der Waals surface area contributed by atoms with Crippen LogP contribution in [0.4, 0.5) is 5.69 Å². The van der Waals surface area contributed by atoms with Crippen LogP contribution in [-0.2, 0) is 11.3 Å². The molecule has 2 heterocycles. The molecule has 3 fully saturated rings. The minimum atomic E-state index is -1.13. The van der Waals surface area contributed by atoms with Crippen molar-refractivity contribution in [2.45, 2.75) is 37.8 Å². The molecular formula is C26H30N4O3. The number of anilines is 1. The summed E-state index contributed by atoms with van der Waals surface area (Å²) >= 11 is 0. The second-order valence-corrected chi connectivity index (χ2v) is 9.93. The molecule has 2 saturated carbocycles. The summed E-state index contributed by atoms with van der Waals surface area (Å²) in [6.07, 6.45) is 3.76. The number of carbonyl (C=O) groups excluding carboxylic acids is 2. The Morgan fingerprint density at radius 1 is 0.939 bits per heavy atom. The monoisotopic (exact) mass is 446 g/mol. The molecule has 0 aromatic heterocycles. The van der Waals surface area contributed by atoms with E-state index in [1.165, 1.54) is 24.1 Å². The summed E-state index contributed by atoms with van der Waals surface area (Å²) in [7, 11) is 0. The summed E-state index contributed by atoms with van der Waals surface area (Å²) in [5.74, 6) is 0.627. The minimum absolute atomic E-state index is 0.00690. The topological polar surface area (TPSA) is 76.1 Å². The largest absolute Gasteiger partial charge is 0.380 e. The Hall–Kier alpha value is -2.90. The average molecular weight is 447 g/mol. The average Bonchev–Trinajstić information content (AvgIpc) is 3.78. The molecule has 6 rings (SSSR count). The second-order valence-electron chi connectivity index (χ2n) is 9.93. The molecule has 2 aromatic carbocycles. The van der Waals surface area contributed by atoms with Crippen LogP contribution < -0.4 is 10.4 Å². The van der Waals surface area contributed by atoms with Gasteiger partial charge < -0.3 is 19.9 Å². The van der Waals surface area contributed by atoms with Gasteiger partial charge in [0.1, 0.15) is 5.60 Å². The Morgan fingerprint density at radius 2 is 1.61 bits per heavy atom. The van der Waals surface area contributed by atoms with Crippen LogP contribution in [0.5, 0.6) is 0 Å². The van der Waals surface area contributed by atoms with Gasteiger partial charge in [-0.1, -0.05) is 24.3 Å². The van der Waals surface area contributed by atoms with Crippen molar-refractivity contribution in [3.8, 4) is 11.1 Å². The number of nitrogens with zero attached hydrogens (tertiary/aromatic N) is 3. The minimum Gasteiger partial charge on any atom is -0.380 e. The molecular weight excluding hydrogens is 416 g/mol. The van der Waals surface area contributed by atoms with Gasteiger partial charge in [-0.25, -0.2) is 5.43 Å². The third-order valence-corrected chi connectivity index (χ3v) is 7.42. The number of rotatable bonds is 5. The van der Waals surface area contributed by atoms with E-state index in [0.717, 1.165) is 30.1 Å². The van der Waals surface area contributed by atoms with Crippen LogP contribution in [0.15, 0.2) is 42.5 Å². The summed E-state index contributed by atoms with van der Waals surface area (Å²) < 4.78 is 0. The molecule has 0 bridgehead atoms. The van der Waals surface area contributed by atoms with Gasteiger partial charge in [0.15, 0.2) is 0 Å². The molecule has 7 nitrogen and oxygen atoms in total. The van der Waals surface area contributed by atoms with Gasteiger partial charge in [0.05, 0.1) is 5.69 Å². The van der Waals surface area contributed by atoms with Crippen molar-refractivity contribution in [3.05, 3.63) is 53.6 Å². The van der Waals surface area contributed by atoms with E-state index in [-0.39, 0.29) is 11.8 Å². The van der Waals surface area contributed by atoms with Crippen LogP contribution in [0.25, 0.3) is 11.1 Å². The fraction of sp³-hybridized carbons (Fsp3) is 0.462. The van der Waals surface area contributed by atoms with Gasteiger partial charge in [0, 0.05) is 44.8 Å². The third kappa shape index (κ3) is 4.00. The molecule has 7 heteroatoms. The number of fused-ring (bicyclic) bond motifs is 1. The van der Waals surface area contributed by atoms with Crippen LogP contribution in [-0.4, -0.2) is 65.0 Å². The lowest BCUT2D eigenvalue weighted by Gasteiger charge is -2.35. The number of hydrogen-bond acceptors (Lipinski definition) is 5. The van der Waals surface area contributed by atoms with E-state index in [4.69, 9.17) is 0 Å². The van der Waals surface area contributed by atoms with Gasteiger partial charge in [0.2, 0.25) is 0 Å². The fourth-order valence-corrected chi connectivity index (χ4v) is 4.86. The van der Waals surface area contributed by atoms with Gasteiger partial charge in [0.25, 0.3) is 11.8 Å². The van der Waals surface area contributed by atoms with E-state index in [2.05, 4.69) is 28.6 Å². The number of hydrazine groups is 1. The van der Waals surface area contributed by atoms with Crippen molar-refractivity contribution in [1.82, 2.24) is 15.2 Å². The van der Waals surface area contributed by atoms with Gasteiger partial charge in [-0.2, -0.15) is 0 Å². The van der Waals surface area contributed by atoms with Gasteiger partial charge in [-0.3, -0.25) is 9.59 Å². The highest BCUT2D eigenvalue weighted by Gasteiger charge is 2.50. The first-order valence-electron chi connectivity index (χ1n) is 12.1. The molecule has 0 atom stereocenters. The highest BCUT2D eigenvalue weighted by Crippen LogP contribution is 2.37. The Bertz CT molecular complexity index is 1080. The maximum atomic E-state index is 13.0. The van der Waals surface area contributed by atoms with Gasteiger partial charge in [-0.15, -0.1) is 0 Å². The van der Waals surface area contributed by atoms with Crippen LogP contribution in [0.3, 0.4) is 0 Å². The molecule has 1 saturated heterocycles. The molecule has 172 valence electrons. The lowest BCUT2D eigenvalue weighted by Crippen LogP contribution is -2.53. The van der Waals surface area contributed by atoms with E-state index < -0.39 is 5.60 Å². The molecule has 0 radical (unpaired) electrons. The molecule has 2 N–H and O–H groups in total. The summed E-state index contributed by atoms with van der Waals surface area (Å²) in [6, 6.07) is 14.4. The first-order chi connectivity index (χ1) is 16.0. The highest BCUT2D eigenvalue weighted by molar-refractivity contribution is 5.95. The summed E-state index contributed by atoms with van der Waals surface area (Å²) in [6.45, 7) is 3.90. The van der Waals surface area contributed by atoms with E-state index >= 15 is 0 Å². The molecule has 0 unspecified atom stereocenters. The zero-order valence-corrected chi connectivity index (χ0v) is 18.8. The molecule has 4 aliphatic rings. The molecule has 2 amide bonds. The van der Waals surface area contributed by atoms with Crippen LogP contribution in [0.1, 0.15) is 41.6 Å². The smallest absolute Gasteiger partial charge is 0.254 e. The Balaban J connectivity index is 1.11. The SMILES string of the molecule is O=C(c1ccc(-c2ccc3c(c2)N(CC2CC2)NC3)cc1)N1CCN(C(=O)C2(O)CC2)CC1. The maximum Gasteiger partial charge on any atom is 0.254 e. The fourth-order valence-electron chi connectivity index (χ4n) is 4.86. The molecule has 2 aliphatic heterocycles. The van der Waals surface area contributed by atoms with Crippen molar-refractivity contribution >= 4 is 17.5 Å². The third-order valence-electron chi connectivity index (χ3n) is 7.42. The summed E-state index contributed by atoms with van der Waals surface area (Å²) in [5.41, 5.74) is 7.88. The number of carbonyl (C=O) groups is 2. The van der Waals surface area contributed by atoms with Gasteiger partial charge in [-0.05, 0) is 66.5 Å². The number of aliphatic hydroxyl groups is 1. The zero-order chi connectivity index (χ0) is 22.6. The first-order valence-corrected chi connectivity index (χ1v) is 12.1. The van der Waals surface area contributed by atoms with Crippen LogP contribution >= 0.6 is 0 Å². The normalized spacial score (nSPS) is 21.2. The predicted molar refractivity (Wildman–Crippen MR) is 125 cm³/mol. The summed E-state index contributed by atoms with van der Waals surface area (Å²) in [5, 5.41) is 12.3. The Kier molecular flexibility index (Phi) is 4.92. The van der Waals surface area contributed by atoms with E-state index in [0.29, 0.717) is 44.6 Å². The molecule has 2 aromatic rings. The molecule has 33 heavy (non-hydrogen) atoms. The lowest BCUT2D eigenvalue weighted by atomic mass is 10.0. The van der Waals surface area contributed by atoms with Crippen LogP contribution in [0, 0.1) is 5.92 Å². The maximum absolute atomic E-state index is 13.0. The number of piperazine rings is 1. The van der Waals surface area contributed by atoms with Crippen molar-refractivity contribution in [2.75, 3.05) is 37.7 Å². The Labute approximate surface area is 193 Å². The lowest BCUT2D eigenvalue weighted by molar-refractivity contribution is -0.143. The van der Waals surface area contributed by atoms with Crippen molar-refractivity contribution in [2.24, 2.45) is 5.92 Å². The van der Waals surface area contributed by atoms with Crippen molar-refractivity contribution in [1.29, 1.82) is 0 Å². The van der Waals surface area contributed by atoms with Crippen molar-refractivity contribution < 1.29 is 14.7 Å². The number of nitrogens with one attached hydrogen (secondary N) is 1. The van der Waals surface area contributed by atoms with Gasteiger partial charge >= 0.3 is 0 Å². The summed E-state index contributed by atoms with van der Waals surface area (Å²) in [4.78, 5) is 28.8. The number of benzene rings is 2. The van der Waals surface area contributed by atoms with E-state index in [1.807, 2.05) is 24.3 Å². The van der Waals surface area contributed by atoms with Crippen molar-refractivity contribution in [3.63, 3.8) is 0 Å². The van der Waals surface area contributed by atoms with E-state index in [1.54, 1.807) is 9.80 Å². The predicted octanol–water partition coefficient (Wildman–Crippen LogP) is 2.40. The molecule has 0 spiro atoms. The van der Waals surface area contributed by atoms with Crippen LogP contribution in [0.2, 0.25) is 0 Å². The van der Waals surface area contributed by atoms with E-state index in [9.17, 15) is 14.7 Å². The standard InChI is InChI=1S/C26H30N4O3/c31-24(28-11-13-29(14-12-28)25(32)26(33)9-10-26)20-5-3-19(4-6-20)21-7-8-22-16-27-30(23(22)15-21)17-18-1-2-18/h3-8,15,18,27,33H,1-2,9-14,16-17H2. The first kappa shape index (κ1) is 20.7. The number of hydrogen-bond donors (Lipinski definition) is 2. The zero-order valence-electron chi connectivity index (χ0n) is 18.8. The Morgan fingerprint density at radius 3 is 2.27 bits per heavy atom. The molecule has 2 aliphatic carbocycles. The number of amides is 2.